The van der Waals surface area contributed by atoms with Crippen LogP contribution in [0.15, 0.2) is 82.1 Å². The molecule has 0 N–H and O–H groups in total. The molecule has 0 fully saturated rings. The Bertz CT molecular complexity index is 1810. The molecule has 0 unspecified atom stereocenters. The van der Waals surface area contributed by atoms with Gasteiger partial charge >= 0.3 is 5.97 Å². The van der Waals surface area contributed by atoms with Crippen molar-refractivity contribution in [2.45, 2.75) is 13.5 Å². The van der Waals surface area contributed by atoms with Crippen molar-refractivity contribution in [3.8, 4) is 17.1 Å². The number of nitrogens with zero attached hydrogens (tertiary/aromatic N) is 6. The number of aromatic nitrogens is 6. The van der Waals surface area contributed by atoms with Crippen molar-refractivity contribution in [1.29, 1.82) is 0 Å². The number of fused-ring (bicyclic) bond motifs is 3. The molecule has 6 aromatic rings. The van der Waals surface area contributed by atoms with Crippen LogP contribution in [0.1, 0.15) is 21.9 Å². The Balaban J connectivity index is 1.38. The zero-order valence-corrected chi connectivity index (χ0v) is 19.5. The van der Waals surface area contributed by atoms with E-state index in [1.54, 1.807) is 46.6 Å². The van der Waals surface area contributed by atoms with Gasteiger partial charge < -0.3 is 9.15 Å². The highest BCUT2D eigenvalue weighted by molar-refractivity contribution is 5.95. The molecule has 36 heavy (non-hydrogen) atoms. The van der Waals surface area contributed by atoms with Crippen LogP contribution >= 0.6 is 0 Å². The number of furan rings is 1. The van der Waals surface area contributed by atoms with Gasteiger partial charge in [-0.3, -0.25) is 13.8 Å². The van der Waals surface area contributed by atoms with Crippen LogP contribution in [0.5, 0.6) is 0 Å². The lowest BCUT2D eigenvalue weighted by atomic mass is 10.2. The molecular formula is C26H20N6O4. The predicted molar refractivity (Wildman–Crippen MR) is 131 cm³/mol. The molecule has 0 saturated carbocycles. The number of hydrogen-bond donors (Lipinski definition) is 0. The van der Waals surface area contributed by atoms with Gasteiger partial charge in [0.2, 0.25) is 5.78 Å². The second-order valence-corrected chi connectivity index (χ2v) is 8.29. The Morgan fingerprint density at radius 3 is 2.56 bits per heavy atom. The maximum absolute atomic E-state index is 13.3. The minimum Gasteiger partial charge on any atom is -0.460 e. The zero-order valence-electron chi connectivity index (χ0n) is 19.5. The largest absolute Gasteiger partial charge is 0.460 e. The van der Waals surface area contributed by atoms with Crippen LogP contribution in [-0.2, 0) is 18.4 Å². The SMILES string of the molecule is Cc1ccc(-c2nn(-c3ccccc3)cc2C(=O)OCc2nnc3n(C)c(=O)c4ccccc4n23)o1. The molecule has 0 radical (unpaired) electrons. The highest BCUT2D eigenvalue weighted by atomic mass is 16.5. The van der Waals surface area contributed by atoms with E-state index < -0.39 is 5.97 Å². The summed E-state index contributed by atoms with van der Waals surface area (Å²) in [5, 5.41) is 13.4. The average molecular weight is 480 g/mol. The summed E-state index contributed by atoms with van der Waals surface area (Å²) in [7, 11) is 1.63. The molecule has 4 heterocycles. The first-order valence-electron chi connectivity index (χ1n) is 11.2. The van der Waals surface area contributed by atoms with Crippen molar-refractivity contribution in [3.05, 3.63) is 100 Å². The van der Waals surface area contributed by atoms with Gasteiger partial charge in [0.1, 0.15) is 17.0 Å². The summed E-state index contributed by atoms with van der Waals surface area (Å²) in [6.07, 6.45) is 1.62. The van der Waals surface area contributed by atoms with Gasteiger partial charge in [-0.1, -0.05) is 30.3 Å². The molecule has 10 heteroatoms. The van der Waals surface area contributed by atoms with Gasteiger partial charge in [-0.05, 0) is 43.3 Å². The third kappa shape index (κ3) is 3.47. The Labute approximate surface area is 204 Å². The van der Waals surface area contributed by atoms with Crippen molar-refractivity contribution in [2.24, 2.45) is 7.05 Å². The molecule has 178 valence electrons. The molecule has 0 bridgehead atoms. The summed E-state index contributed by atoms with van der Waals surface area (Å²) in [6, 6.07) is 20.2. The van der Waals surface area contributed by atoms with Crippen molar-refractivity contribution in [3.63, 3.8) is 0 Å². The second kappa shape index (κ2) is 8.35. The van der Waals surface area contributed by atoms with E-state index in [0.29, 0.717) is 39.7 Å². The van der Waals surface area contributed by atoms with Crippen molar-refractivity contribution in [2.75, 3.05) is 0 Å². The first-order chi connectivity index (χ1) is 17.5. The zero-order chi connectivity index (χ0) is 24.8. The number of para-hydroxylation sites is 2. The number of aryl methyl sites for hydroxylation is 2. The predicted octanol–water partition coefficient (Wildman–Crippen LogP) is 3.69. The third-order valence-electron chi connectivity index (χ3n) is 5.95. The van der Waals surface area contributed by atoms with Gasteiger partial charge in [-0.15, -0.1) is 10.2 Å². The van der Waals surface area contributed by atoms with Crippen LogP contribution in [0.2, 0.25) is 0 Å². The lowest BCUT2D eigenvalue weighted by molar-refractivity contribution is 0.0462. The van der Waals surface area contributed by atoms with E-state index in [0.717, 1.165) is 5.69 Å². The lowest BCUT2D eigenvalue weighted by Crippen LogP contribution is -2.20. The van der Waals surface area contributed by atoms with E-state index in [9.17, 15) is 9.59 Å². The summed E-state index contributed by atoms with van der Waals surface area (Å²) in [4.78, 5) is 26.0. The summed E-state index contributed by atoms with van der Waals surface area (Å²) in [5.74, 6) is 1.31. The fourth-order valence-corrected chi connectivity index (χ4v) is 4.17. The number of carbonyl (C=O) groups excluding carboxylic acids is 1. The fraction of sp³-hybridized carbons (Fsp3) is 0.115. The highest BCUT2D eigenvalue weighted by Crippen LogP contribution is 2.26. The topological polar surface area (TPSA) is 109 Å². The molecule has 2 aromatic carbocycles. The Morgan fingerprint density at radius 1 is 1.00 bits per heavy atom. The molecule has 6 rings (SSSR count). The molecule has 0 atom stereocenters. The van der Waals surface area contributed by atoms with E-state index in [-0.39, 0.29) is 17.7 Å². The smallest absolute Gasteiger partial charge is 0.342 e. The van der Waals surface area contributed by atoms with Crippen LogP contribution in [0.25, 0.3) is 33.8 Å². The molecule has 0 spiro atoms. The standard InChI is InChI=1S/C26H20N6O4/c1-16-12-13-21(36-16)23-19(14-31(29-23)17-8-4-3-5-9-17)25(34)35-15-22-27-28-26-30(2)24(33)18-10-6-7-11-20(18)32(22)26/h3-14H,15H2,1-2H3. The molecular weight excluding hydrogens is 460 g/mol. The Kier molecular flexibility index (Phi) is 4.99. The average Bonchev–Trinajstić information content (AvgIpc) is 3.64. The molecule has 10 nitrogen and oxygen atoms in total. The molecule has 0 saturated heterocycles. The summed E-state index contributed by atoms with van der Waals surface area (Å²) < 4.78 is 16.2. The Hall–Kier alpha value is -4.99. The van der Waals surface area contributed by atoms with E-state index in [4.69, 9.17) is 9.15 Å². The van der Waals surface area contributed by atoms with Gasteiger partial charge in [0.25, 0.3) is 5.56 Å². The molecule has 4 aromatic heterocycles. The number of esters is 1. The van der Waals surface area contributed by atoms with Crippen molar-refractivity contribution < 1.29 is 13.9 Å². The van der Waals surface area contributed by atoms with Crippen LogP contribution in [0.4, 0.5) is 0 Å². The molecule has 0 aliphatic heterocycles. The van der Waals surface area contributed by atoms with Crippen molar-refractivity contribution in [1.82, 2.24) is 28.9 Å². The maximum atomic E-state index is 13.3. The minimum absolute atomic E-state index is 0.157. The van der Waals surface area contributed by atoms with Gasteiger partial charge in [0.05, 0.1) is 16.6 Å². The normalized spacial score (nSPS) is 11.4. The number of carbonyl (C=O) groups is 1. The lowest BCUT2D eigenvalue weighted by Gasteiger charge is -2.08. The number of ether oxygens (including phenoxy) is 1. The van der Waals surface area contributed by atoms with Crippen molar-refractivity contribution >= 4 is 22.6 Å². The molecule has 0 aliphatic rings. The first-order valence-corrected chi connectivity index (χ1v) is 11.2. The quantitative estimate of drug-likeness (QED) is 0.346. The number of rotatable bonds is 5. The minimum atomic E-state index is -0.591. The van der Waals surface area contributed by atoms with E-state index >= 15 is 0 Å². The number of benzene rings is 2. The second-order valence-electron chi connectivity index (χ2n) is 8.29. The Morgan fingerprint density at radius 2 is 1.78 bits per heavy atom. The first kappa shape index (κ1) is 21.5. The molecule has 0 aliphatic carbocycles. The summed E-state index contributed by atoms with van der Waals surface area (Å²) in [5.41, 5.74) is 1.86. The fourth-order valence-electron chi connectivity index (χ4n) is 4.17. The van der Waals surface area contributed by atoms with Gasteiger partial charge in [0.15, 0.2) is 18.2 Å². The van der Waals surface area contributed by atoms with E-state index in [2.05, 4.69) is 15.3 Å². The highest BCUT2D eigenvalue weighted by Gasteiger charge is 2.23. The van der Waals surface area contributed by atoms with Crippen LogP contribution in [-0.4, -0.2) is 34.9 Å². The van der Waals surface area contributed by atoms with E-state index in [1.165, 1.54) is 4.57 Å². The number of hydrogen-bond acceptors (Lipinski definition) is 7. The third-order valence-corrected chi connectivity index (χ3v) is 5.95. The molecule has 0 amide bonds. The van der Waals surface area contributed by atoms with Gasteiger partial charge in [-0.25, -0.2) is 9.48 Å². The van der Waals surface area contributed by atoms with E-state index in [1.807, 2.05) is 49.4 Å². The van der Waals surface area contributed by atoms with Gasteiger partial charge in [0, 0.05) is 13.2 Å². The van der Waals surface area contributed by atoms with Crippen LogP contribution in [0, 0.1) is 6.92 Å². The van der Waals surface area contributed by atoms with Crippen LogP contribution < -0.4 is 5.56 Å². The van der Waals surface area contributed by atoms with Gasteiger partial charge in [-0.2, -0.15) is 5.10 Å². The monoisotopic (exact) mass is 480 g/mol. The maximum Gasteiger partial charge on any atom is 0.342 e. The summed E-state index contributed by atoms with van der Waals surface area (Å²) in [6.45, 7) is 1.67. The summed E-state index contributed by atoms with van der Waals surface area (Å²) >= 11 is 0. The van der Waals surface area contributed by atoms with Crippen LogP contribution in [0.3, 0.4) is 0 Å².